The number of aromatic carboxylic acids is 1. The number of carbonyl (C=O) groups is 1. The maximum atomic E-state index is 10.6. The standard InChI is InChI=1S/C10H14N2O3/c1-6(2)8(15-3)9-11-4-7(5-12-9)10(13)14/h4-6,8H,1-3H3,(H,13,14). The van der Waals surface area contributed by atoms with Crippen molar-refractivity contribution in [2.24, 2.45) is 5.92 Å². The molecule has 1 aromatic heterocycles. The Morgan fingerprint density at radius 1 is 1.40 bits per heavy atom. The van der Waals surface area contributed by atoms with E-state index in [9.17, 15) is 4.79 Å². The molecule has 15 heavy (non-hydrogen) atoms. The molecule has 1 heterocycles. The van der Waals surface area contributed by atoms with Crippen molar-refractivity contribution < 1.29 is 14.6 Å². The summed E-state index contributed by atoms with van der Waals surface area (Å²) in [4.78, 5) is 18.5. The van der Waals surface area contributed by atoms with Crippen molar-refractivity contribution in [3.8, 4) is 0 Å². The van der Waals surface area contributed by atoms with Crippen molar-refractivity contribution >= 4 is 5.97 Å². The van der Waals surface area contributed by atoms with Crippen molar-refractivity contribution in [2.75, 3.05) is 7.11 Å². The molecule has 1 unspecified atom stereocenters. The Labute approximate surface area is 88.1 Å². The first-order valence-electron chi connectivity index (χ1n) is 4.64. The maximum Gasteiger partial charge on any atom is 0.338 e. The molecule has 5 nitrogen and oxygen atoms in total. The van der Waals surface area contributed by atoms with E-state index in [0.717, 1.165) is 0 Å². The molecule has 0 radical (unpaired) electrons. The maximum absolute atomic E-state index is 10.6. The summed E-state index contributed by atoms with van der Waals surface area (Å²) in [5, 5.41) is 8.67. The van der Waals surface area contributed by atoms with Crippen molar-refractivity contribution in [1.82, 2.24) is 9.97 Å². The van der Waals surface area contributed by atoms with Crippen LogP contribution in [0.5, 0.6) is 0 Å². The minimum Gasteiger partial charge on any atom is -0.478 e. The van der Waals surface area contributed by atoms with Gasteiger partial charge in [-0.2, -0.15) is 0 Å². The third-order valence-electron chi connectivity index (χ3n) is 2.03. The lowest BCUT2D eigenvalue weighted by atomic mass is 10.1. The van der Waals surface area contributed by atoms with Crippen LogP contribution in [0.15, 0.2) is 12.4 Å². The number of rotatable bonds is 4. The first kappa shape index (κ1) is 11.6. The SMILES string of the molecule is COC(c1ncc(C(=O)O)cn1)C(C)C. The first-order chi connectivity index (χ1) is 7.06. The highest BCUT2D eigenvalue weighted by Crippen LogP contribution is 2.21. The minimum absolute atomic E-state index is 0.0809. The quantitative estimate of drug-likeness (QED) is 0.815. The Morgan fingerprint density at radius 3 is 2.27 bits per heavy atom. The van der Waals surface area contributed by atoms with Crippen LogP contribution in [0.2, 0.25) is 0 Å². The van der Waals surface area contributed by atoms with Gasteiger partial charge in [0, 0.05) is 19.5 Å². The molecule has 0 spiro atoms. The van der Waals surface area contributed by atoms with Gasteiger partial charge in [0.15, 0.2) is 5.82 Å². The third-order valence-corrected chi connectivity index (χ3v) is 2.03. The number of aromatic nitrogens is 2. The van der Waals surface area contributed by atoms with Crippen LogP contribution in [0.3, 0.4) is 0 Å². The zero-order chi connectivity index (χ0) is 11.4. The fourth-order valence-electron chi connectivity index (χ4n) is 1.27. The molecule has 5 heteroatoms. The van der Waals surface area contributed by atoms with Gasteiger partial charge in [-0.15, -0.1) is 0 Å². The Bertz CT molecular complexity index is 335. The summed E-state index contributed by atoms with van der Waals surface area (Å²) in [5.74, 6) is -0.275. The van der Waals surface area contributed by atoms with E-state index in [0.29, 0.717) is 5.82 Å². The first-order valence-corrected chi connectivity index (χ1v) is 4.64. The lowest BCUT2D eigenvalue weighted by molar-refractivity contribution is 0.0571. The van der Waals surface area contributed by atoms with Crippen molar-refractivity contribution in [1.29, 1.82) is 0 Å². The number of hydrogen-bond donors (Lipinski definition) is 1. The lowest BCUT2D eigenvalue weighted by Gasteiger charge is -2.17. The Kier molecular flexibility index (Phi) is 3.74. The number of hydrogen-bond acceptors (Lipinski definition) is 4. The second-order valence-electron chi connectivity index (χ2n) is 3.54. The number of carboxylic acid groups (broad SMARTS) is 1. The summed E-state index contributed by atoms with van der Waals surface area (Å²) in [6.07, 6.45) is 2.38. The molecule has 0 fully saturated rings. The zero-order valence-electron chi connectivity index (χ0n) is 8.97. The Balaban J connectivity index is 2.92. The van der Waals surface area contributed by atoms with Crippen molar-refractivity contribution in [3.05, 3.63) is 23.8 Å². The molecule has 0 aromatic carbocycles. The van der Waals surface area contributed by atoms with E-state index in [2.05, 4.69) is 9.97 Å². The van der Waals surface area contributed by atoms with E-state index in [4.69, 9.17) is 9.84 Å². The van der Waals surface area contributed by atoms with Gasteiger partial charge in [0.05, 0.1) is 5.56 Å². The summed E-state index contributed by atoms with van der Waals surface area (Å²) >= 11 is 0. The van der Waals surface area contributed by atoms with E-state index < -0.39 is 5.97 Å². The van der Waals surface area contributed by atoms with Gasteiger partial charge in [-0.3, -0.25) is 0 Å². The van der Waals surface area contributed by atoms with E-state index in [-0.39, 0.29) is 17.6 Å². The molecule has 1 atom stereocenters. The lowest BCUT2D eigenvalue weighted by Crippen LogP contribution is -2.13. The van der Waals surface area contributed by atoms with E-state index in [1.165, 1.54) is 12.4 Å². The summed E-state index contributed by atoms with van der Waals surface area (Å²) in [7, 11) is 1.58. The number of carboxylic acids is 1. The van der Waals surface area contributed by atoms with E-state index in [1.54, 1.807) is 7.11 Å². The summed E-state index contributed by atoms with van der Waals surface area (Å²) in [5.41, 5.74) is 0.0809. The molecule has 1 rings (SSSR count). The average Bonchev–Trinajstić information content (AvgIpc) is 2.19. The van der Waals surface area contributed by atoms with Gasteiger partial charge in [-0.05, 0) is 5.92 Å². The molecular formula is C10H14N2O3. The molecule has 0 aliphatic heterocycles. The molecular weight excluding hydrogens is 196 g/mol. The number of ether oxygens (including phenoxy) is 1. The third kappa shape index (κ3) is 2.73. The van der Waals surface area contributed by atoms with E-state index in [1.807, 2.05) is 13.8 Å². The average molecular weight is 210 g/mol. The molecule has 0 aliphatic rings. The van der Waals surface area contributed by atoms with Crippen LogP contribution in [0.25, 0.3) is 0 Å². The van der Waals surface area contributed by atoms with Gasteiger partial charge in [0.2, 0.25) is 0 Å². The molecule has 82 valence electrons. The fraction of sp³-hybridized carbons (Fsp3) is 0.500. The summed E-state index contributed by atoms with van der Waals surface area (Å²) < 4.78 is 5.23. The molecule has 0 bridgehead atoms. The van der Waals surface area contributed by atoms with Gasteiger partial charge < -0.3 is 9.84 Å². The van der Waals surface area contributed by atoms with Crippen LogP contribution in [0, 0.1) is 5.92 Å². The predicted octanol–water partition coefficient (Wildman–Crippen LogP) is 1.52. The van der Waals surface area contributed by atoms with Crippen LogP contribution in [-0.2, 0) is 4.74 Å². The van der Waals surface area contributed by atoms with Gasteiger partial charge in [-0.25, -0.2) is 14.8 Å². The second-order valence-corrected chi connectivity index (χ2v) is 3.54. The molecule has 0 saturated carbocycles. The molecule has 0 saturated heterocycles. The monoisotopic (exact) mass is 210 g/mol. The van der Waals surface area contributed by atoms with E-state index >= 15 is 0 Å². The van der Waals surface area contributed by atoms with Gasteiger partial charge >= 0.3 is 5.97 Å². The second kappa shape index (κ2) is 4.84. The number of nitrogens with zero attached hydrogens (tertiary/aromatic N) is 2. The Hall–Kier alpha value is -1.49. The van der Waals surface area contributed by atoms with Crippen LogP contribution >= 0.6 is 0 Å². The minimum atomic E-state index is -1.03. The highest BCUT2D eigenvalue weighted by atomic mass is 16.5. The fourth-order valence-corrected chi connectivity index (χ4v) is 1.27. The van der Waals surface area contributed by atoms with Crippen LogP contribution in [-0.4, -0.2) is 28.2 Å². The van der Waals surface area contributed by atoms with Crippen LogP contribution in [0.4, 0.5) is 0 Å². The van der Waals surface area contributed by atoms with Crippen molar-refractivity contribution in [2.45, 2.75) is 20.0 Å². The van der Waals surface area contributed by atoms with Crippen LogP contribution in [0.1, 0.15) is 36.1 Å². The smallest absolute Gasteiger partial charge is 0.338 e. The largest absolute Gasteiger partial charge is 0.478 e. The normalized spacial score (nSPS) is 12.8. The van der Waals surface area contributed by atoms with Crippen LogP contribution < -0.4 is 0 Å². The van der Waals surface area contributed by atoms with Gasteiger partial charge in [0.1, 0.15) is 6.10 Å². The molecule has 0 amide bonds. The predicted molar refractivity (Wildman–Crippen MR) is 53.6 cm³/mol. The highest BCUT2D eigenvalue weighted by molar-refractivity contribution is 5.86. The highest BCUT2D eigenvalue weighted by Gasteiger charge is 2.18. The molecule has 1 aromatic rings. The summed E-state index contributed by atoms with van der Waals surface area (Å²) in [6.45, 7) is 3.98. The van der Waals surface area contributed by atoms with Gasteiger partial charge in [0.25, 0.3) is 0 Å². The summed E-state index contributed by atoms with van der Waals surface area (Å²) in [6, 6.07) is 0. The zero-order valence-corrected chi connectivity index (χ0v) is 8.97. The number of methoxy groups -OCH3 is 1. The van der Waals surface area contributed by atoms with Crippen molar-refractivity contribution in [3.63, 3.8) is 0 Å². The molecule has 0 aliphatic carbocycles. The molecule has 1 N–H and O–H groups in total. The van der Waals surface area contributed by atoms with Gasteiger partial charge in [-0.1, -0.05) is 13.8 Å². The Morgan fingerprint density at radius 2 is 1.93 bits per heavy atom. The topological polar surface area (TPSA) is 72.3 Å².